The molecular formula is C15H25NO3. The zero-order chi connectivity index (χ0) is 14.3. The molecule has 0 saturated carbocycles. The standard InChI is InChI=1S/C15H25NO3/c1-5-16(8-9-17)11-13-6-7-14(19-12(2)3)15(10-13)18-4/h6-7,10,12,17H,5,8-9,11H2,1-4H3. The van der Waals surface area contributed by atoms with Gasteiger partial charge in [-0.15, -0.1) is 0 Å². The minimum atomic E-state index is 0.126. The number of methoxy groups -OCH3 is 1. The van der Waals surface area contributed by atoms with E-state index in [1.54, 1.807) is 7.11 Å². The van der Waals surface area contributed by atoms with Gasteiger partial charge in [0, 0.05) is 13.1 Å². The van der Waals surface area contributed by atoms with Crippen molar-refractivity contribution in [3.8, 4) is 11.5 Å². The maximum Gasteiger partial charge on any atom is 0.161 e. The van der Waals surface area contributed by atoms with Crippen molar-refractivity contribution in [1.82, 2.24) is 4.90 Å². The third-order valence-corrected chi connectivity index (χ3v) is 2.86. The molecule has 0 atom stereocenters. The van der Waals surface area contributed by atoms with Crippen molar-refractivity contribution in [2.75, 3.05) is 26.8 Å². The zero-order valence-electron chi connectivity index (χ0n) is 12.3. The molecule has 0 aliphatic heterocycles. The molecule has 0 spiro atoms. The van der Waals surface area contributed by atoms with Crippen molar-refractivity contribution < 1.29 is 14.6 Å². The first kappa shape index (κ1) is 15.8. The van der Waals surface area contributed by atoms with E-state index in [1.807, 2.05) is 32.0 Å². The molecule has 0 fully saturated rings. The molecule has 0 heterocycles. The van der Waals surface area contributed by atoms with Crippen molar-refractivity contribution in [3.63, 3.8) is 0 Å². The Morgan fingerprint density at radius 3 is 2.53 bits per heavy atom. The van der Waals surface area contributed by atoms with Crippen molar-refractivity contribution in [1.29, 1.82) is 0 Å². The second kappa shape index (κ2) is 8.02. The third-order valence-electron chi connectivity index (χ3n) is 2.86. The number of hydrogen-bond donors (Lipinski definition) is 1. The molecule has 1 rings (SSSR count). The van der Waals surface area contributed by atoms with E-state index in [9.17, 15) is 0 Å². The lowest BCUT2D eigenvalue weighted by Crippen LogP contribution is -2.26. The summed E-state index contributed by atoms with van der Waals surface area (Å²) in [5.41, 5.74) is 1.16. The molecular weight excluding hydrogens is 242 g/mol. The average molecular weight is 267 g/mol. The second-order valence-corrected chi connectivity index (χ2v) is 4.74. The molecule has 0 aliphatic rings. The highest BCUT2D eigenvalue weighted by Gasteiger charge is 2.09. The van der Waals surface area contributed by atoms with Crippen LogP contribution in [0.25, 0.3) is 0 Å². The Bertz CT molecular complexity index is 380. The SMILES string of the molecule is CCN(CCO)Cc1ccc(OC(C)C)c(OC)c1. The van der Waals surface area contributed by atoms with Crippen molar-refractivity contribution >= 4 is 0 Å². The van der Waals surface area contributed by atoms with Crippen LogP contribution in [0.5, 0.6) is 11.5 Å². The van der Waals surface area contributed by atoms with Gasteiger partial charge in [-0.05, 0) is 38.1 Å². The van der Waals surface area contributed by atoms with Gasteiger partial charge in [0.05, 0.1) is 19.8 Å². The summed E-state index contributed by atoms with van der Waals surface area (Å²) < 4.78 is 11.1. The summed E-state index contributed by atoms with van der Waals surface area (Å²) in [5, 5.41) is 9.00. The molecule has 0 aliphatic carbocycles. The number of likely N-dealkylation sites (N-methyl/N-ethyl adjacent to an activating group) is 1. The average Bonchev–Trinajstić information content (AvgIpc) is 2.39. The maximum absolute atomic E-state index is 9.00. The predicted octanol–water partition coefficient (Wildman–Crippen LogP) is 2.30. The summed E-state index contributed by atoms with van der Waals surface area (Å²) in [6.45, 7) is 8.65. The topological polar surface area (TPSA) is 41.9 Å². The maximum atomic E-state index is 9.00. The largest absolute Gasteiger partial charge is 0.493 e. The summed E-state index contributed by atoms with van der Waals surface area (Å²) in [7, 11) is 1.65. The van der Waals surface area contributed by atoms with Gasteiger partial charge in [0.15, 0.2) is 11.5 Å². The first-order valence-corrected chi connectivity index (χ1v) is 6.77. The van der Waals surface area contributed by atoms with Gasteiger partial charge in [-0.1, -0.05) is 13.0 Å². The highest BCUT2D eigenvalue weighted by molar-refractivity contribution is 5.43. The van der Waals surface area contributed by atoms with E-state index in [0.29, 0.717) is 6.54 Å². The molecule has 0 saturated heterocycles. The lowest BCUT2D eigenvalue weighted by atomic mass is 10.2. The smallest absolute Gasteiger partial charge is 0.161 e. The molecule has 0 unspecified atom stereocenters. The normalized spacial score (nSPS) is 11.1. The van der Waals surface area contributed by atoms with Gasteiger partial charge in [0.25, 0.3) is 0 Å². The molecule has 1 N–H and O–H groups in total. The number of hydrogen-bond acceptors (Lipinski definition) is 4. The Hall–Kier alpha value is -1.26. The van der Waals surface area contributed by atoms with Crippen molar-refractivity contribution in [2.45, 2.75) is 33.4 Å². The van der Waals surface area contributed by atoms with Crippen LogP contribution in [0.15, 0.2) is 18.2 Å². The van der Waals surface area contributed by atoms with E-state index < -0.39 is 0 Å². The quantitative estimate of drug-likeness (QED) is 0.784. The highest BCUT2D eigenvalue weighted by atomic mass is 16.5. The molecule has 4 nitrogen and oxygen atoms in total. The minimum Gasteiger partial charge on any atom is -0.493 e. The number of ether oxygens (including phenoxy) is 2. The van der Waals surface area contributed by atoms with Crippen LogP contribution in [-0.4, -0.2) is 42.9 Å². The molecule has 0 aromatic heterocycles. The van der Waals surface area contributed by atoms with E-state index >= 15 is 0 Å². The van der Waals surface area contributed by atoms with Gasteiger partial charge in [0.2, 0.25) is 0 Å². The first-order chi connectivity index (χ1) is 9.10. The number of nitrogens with zero attached hydrogens (tertiary/aromatic N) is 1. The fourth-order valence-electron chi connectivity index (χ4n) is 1.91. The minimum absolute atomic E-state index is 0.126. The number of aliphatic hydroxyl groups excluding tert-OH is 1. The Morgan fingerprint density at radius 2 is 2.00 bits per heavy atom. The Kier molecular flexibility index (Phi) is 6.67. The third kappa shape index (κ3) is 5.09. The van der Waals surface area contributed by atoms with E-state index in [0.717, 1.165) is 30.2 Å². The van der Waals surface area contributed by atoms with Crippen LogP contribution in [0.3, 0.4) is 0 Å². The first-order valence-electron chi connectivity index (χ1n) is 6.77. The molecule has 1 aromatic carbocycles. The lowest BCUT2D eigenvalue weighted by molar-refractivity contribution is 0.196. The summed E-state index contributed by atoms with van der Waals surface area (Å²) in [6, 6.07) is 5.99. The summed E-state index contributed by atoms with van der Waals surface area (Å²) >= 11 is 0. The van der Waals surface area contributed by atoms with Gasteiger partial charge < -0.3 is 14.6 Å². The highest BCUT2D eigenvalue weighted by Crippen LogP contribution is 2.29. The Morgan fingerprint density at radius 1 is 1.26 bits per heavy atom. The number of rotatable bonds is 8. The molecule has 0 bridgehead atoms. The summed E-state index contributed by atoms with van der Waals surface area (Å²) in [5.74, 6) is 1.53. The van der Waals surface area contributed by atoms with Crippen LogP contribution in [0.1, 0.15) is 26.3 Å². The summed E-state index contributed by atoms with van der Waals surface area (Å²) in [4.78, 5) is 2.18. The van der Waals surface area contributed by atoms with Crippen LogP contribution < -0.4 is 9.47 Å². The van der Waals surface area contributed by atoms with Gasteiger partial charge in [-0.2, -0.15) is 0 Å². The molecule has 4 heteroatoms. The second-order valence-electron chi connectivity index (χ2n) is 4.74. The fourth-order valence-corrected chi connectivity index (χ4v) is 1.91. The predicted molar refractivity (Wildman–Crippen MR) is 76.8 cm³/mol. The van der Waals surface area contributed by atoms with Crippen LogP contribution in [0, 0.1) is 0 Å². The van der Waals surface area contributed by atoms with Crippen LogP contribution in [-0.2, 0) is 6.54 Å². The lowest BCUT2D eigenvalue weighted by Gasteiger charge is -2.20. The zero-order valence-corrected chi connectivity index (χ0v) is 12.3. The van der Waals surface area contributed by atoms with E-state index in [-0.39, 0.29) is 12.7 Å². The van der Waals surface area contributed by atoms with Crippen molar-refractivity contribution in [3.05, 3.63) is 23.8 Å². The molecule has 108 valence electrons. The van der Waals surface area contributed by atoms with Crippen LogP contribution in [0.4, 0.5) is 0 Å². The van der Waals surface area contributed by atoms with E-state index in [2.05, 4.69) is 11.8 Å². The van der Waals surface area contributed by atoms with Gasteiger partial charge in [0.1, 0.15) is 0 Å². The molecule has 0 radical (unpaired) electrons. The molecule has 19 heavy (non-hydrogen) atoms. The number of benzene rings is 1. The molecule has 0 amide bonds. The van der Waals surface area contributed by atoms with Gasteiger partial charge in [-0.25, -0.2) is 0 Å². The summed E-state index contributed by atoms with van der Waals surface area (Å²) in [6.07, 6.45) is 0.126. The van der Waals surface area contributed by atoms with Gasteiger partial charge >= 0.3 is 0 Å². The van der Waals surface area contributed by atoms with Crippen molar-refractivity contribution in [2.24, 2.45) is 0 Å². The fraction of sp³-hybridized carbons (Fsp3) is 0.600. The van der Waals surface area contributed by atoms with Crippen LogP contribution in [0.2, 0.25) is 0 Å². The number of aliphatic hydroxyl groups is 1. The monoisotopic (exact) mass is 267 g/mol. The van der Waals surface area contributed by atoms with E-state index in [4.69, 9.17) is 14.6 Å². The molecule has 1 aromatic rings. The van der Waals surface area contributed by atoms with Gasteiger partial charge in [-0.3, -0.25) is 4.90 Å². The Balaban J connectivity index is 2.80. The Labute approximate surface area is 115 Å². The van der Waals surface area contributed by atoms with E-state index in [1.165, 1.54) is 0 Å². The van der Waals surface area contributed by atoms with Crippen LogP contribution >= 0.6 is 0 Å².